The molecule has 42 heavy (non-hydrogen) atoms. The maximum absolute atomic E-state index is 14.6. The van der Waals surface area contributed by atoms with Crippen LogP contribution in [-0.2, 0) is 14.6 Å². The standard InChI is InChI=1S/C30H26FN7O3S/c1-3-28(39)35-20-10-18(13-33-14-20)25-12-23-27(15-34-25)37-38-29(23)26-11-22-21(5-4-6-24(22)36-26)16-7-17(9-19(31)8-16)30(32)42(2,40)41/h4-15,30,36H,3,32H2,1-2H3,(H,35,39)(H,37,38). The van der Waals surface area contributed by atoms with Crippen LogP contribution in [0.15, 0.2) is 73.2 Å². The van der Waals surface area contributed by atoms with Crippen LogP contribution in [0, 0.1) is 5.82 Å². The van der Waals surface area contributed by atoms with Gasteiger partial charge in [-0.1, -0.05) is 19.1 Å². The molecule has 0 bridgehead atoms. The molecule has 12 heteroatoms. The molecule has 4 aromatic heterocycles. The van der Waals surface area contributed by atoms with Crippen LogP contribution in [0.3, 0.4) is 0 Å². The summed E-state index contributed by atoms with van der Waals surface area (Å²) in [7, 11) is -3.63. The lowest BCUT2D eigenvalue weighted by Crippen LogP contribution is -2.20. The Kier molecular flexibility index (Phi) is 6.79. The van der Waals surface area contributed by atoms with Crippen molar-refractivity contribution in [2.45, 2.75) is 18.7 Å². The number of pyridine rings is 2. The number of amides is 1. The molecule has 5 N–H and O–H groups in total. The molecule has 6 aromatic rings. The second-order valence-electron chi connectivity index (χ2n) is 10.0. The molecule has 4 heterocycles. The molecule has 10 nitrogen and oxygen atoms in total. The van der Waals surface area contributed by atoms with E-state index in [0.29, 0.717) is 40.3 Å². The fourth-order valence-electron chi connectivity index (χ4n) is 4.89. The average Bonchev–Trinajstić information content (AvgIpc) is 3.59. The molecule has 0 saturated carbocycles. The number of halogens is 1. The van der Waals surface area contributed by atoms with Gasteiger partial charge in [-0.3, -0.25) is 19.9 Å². The molecule has 1 unspecified atom stereocenters. The van der Waals surface area contributed by atoms with Gasteiger partial charge in [-0.2, -0.15) is 5.10 Å². The number of hydrogen-bond acceptors (Lipinski definition) is 7. The second-order valence-corrected chi connectivity index (χ2v) is 12.2. The van der Waals surface area contributed by atoms with E-state index in [0.717, 1.165) is 39.7 Å². The third kappa shape index (κ3) is 5.13. The van der Waals surface area contributed by atoms with E-state index < -0.39 is 21.0 Å². The summed E-state index contributed by atoms with van der Waals surface area (Å²) in [4.78, 5) is 24.0. The molecular weight excluding hydrogens is 557 g/mol. The highest BCUT2D eigenvalue weighted by molar-refractivity contribution is 7.90. The average molecular weight is 584 g/mol. The van der Waals surface area contributed by atoms with E-state index in [4.69, 9.17) is 5.73 Å². The van der Waals surface area contributed by atoms with Gasteiger partial charge >= 0.3 is 0 Å². The Hall–Kier alpha value is -4.94. The van der Waals surface area contributed by atoms with Crippen molar-refractivity contribution < 1.29 is 17.6 Å². The van der Waals surface area contributed by atoms with Crippen molar-refractivity contribution in [3.8, 4) is 33.8 Å². The summed E-state index contributed by atoms with van der Waals surface area (Å²) in [6.45, 7) is 1.78. The Morgan fingerprint density at radius 1 is 1.02 bits per heavy atom. The maximum Gasteiger partial charge on any atom is 0.224 e. The van der Waals surface area contributed by atoms with E-state index in [1.54, 1.807) is 31.6 Å². The number of carbonyl (C=O) groups is 1. The molecule has 0 aliphatic carbocycles. The Morgan fingerprint density at radius 3 is 2.64 bits per heavy atom. The fraction of sp³-hybridized carbons (Fsp3) is 0.133. The van der Waals surface area contributed by atoms with E-state index >= 15 is 0 Å². The van der Waals surface area contributed by atoms with Gasteiger partial charge in [-0.25, -0.2) is 12.8 Å². The largest absolute Gasteiger partial charge is 0.353 e. The number of nitrogens with zero attached hydrogens (tertiary/aromatic N) is 3. The van der Waals surface area contributed by atoms with Crippen molar-refractivity contribution in [1.29, 1.82) is 0 Å². The first kappa shape index (κ1) is 27.2. The van der Waals surface area contributed by atoms with Crippen molar-refractivity contribution in [2.24, 2.45) is 5.73 Å². The maximum atomic E-state index is 14.6. The highest BCUT2D eigenvalue weighted by Gasteiger charge is 2.21. The summed E-state index contributed by atoms with van der Waals surface area (Å²) in [6.07, 6.45) is 6.32. The van der Waals surface area contributed by atoms with Gasteiger partial charge in [0.25, 0.3) is 0 Å². The summed E-state index contributed by atoms with van der Waals surface area (Å²) in [5.74, 6) is -0.694. The molecule has 1 amide bonds. The van der Waals surface area contributed by atoms with Gasteiger partial charge < -0.3 is 16.0 Å². The van der Waals surface area contributed by atoms with Gasteiger partial charge in [0.1, 0.15) is 16.9 Å². The van der Waals surface area contributed by atoms with Gasteiger partial charge in [0.05, 0.1) is 35.0 Å². The Bertz CT molecular complexity index is 2100. The minimum atomic E-state index is -3.63. The van der Waals surface area contributed by atoms with Crippen LogP contribution >= 0.6 is 0 Å². The Morgan fingerprint density at radius 2 is 1.86 bits per heavy atom. The molecule has 0 spiro atoms. The van der Waals surface area contributed by atoms with Crippen molar-refractivity contribution in [3.63, 3.8) is 0 Å². The fourth-order valence-corrected chi connectivity index (χ4v) is 5.52. The zero-order valence-electron chi connectivity index (χ0n) is 22.6. The third-order valence-corrected chi connectivity index (χ3v) is 8.22. The number of carbonyl (C=O) groups excluding carboxylic acids is 1. The zero-order valence-corrected chi connectivity index (χ0v) is 23.5. The number of hydrogen-bond donors (Lipinski definition) is 4. The van der Waals surface area contributed by atoms with E-state index in [-0.39, 0.29) is 11.5 Å². The van der Waals surface area contributed by atoms with Crippen molar-refractivity contribution in [2.75, 3.05) is 11.6 Å². The van der Waals surface area contributed by atoms with Crippen molar-refractivity contribution in [3.05, 3.63) is 84.6 Å². The highest BCUT2D eigenvalue weighted by Crippen LogP contribution is 2.36. The smallest absolute Gasteiger partial charge is 0.224 e. The molecule has 6 rings (SSSR count). The third-order valence-electron chi connectivity index (χ3n) is 7.03. The van der Waals surface area contributed by atoms with Crippen LogP contribution in [0.1, 0.15) is 24.3 Å². The summed E-state index contributed by atoms with van der Waals surface area (Å²) < 4.78 is 38.7. The zero-order chi connectivity index (χ0) is 29.6. The van der Waals surface area contributed by atoms with Crippen LogP contribution in [0.4, 0.5) is 10.1 Å². The SMILES string of the molecule is CCC(=O)Nc1cncc(-c2cc3c(-c4cc5c(-c6cc(F)cc(C(N)S(C)(=O)=O)c6)cccc5[nH]4)n[nH]c3cn2)c1. The molecule has 0 aliphatic heterocycles. The minimum Gasteiger partial charge on any atom is -0.353 e. The number of H-pyrrole nitrogens is 2. The van der Waals surface area contributed by atoms with Crippen LogP contribution < -0.4 is 11.1 Å². The number of fused-ring (bicyclic) bond motifs is 2. The number of nitrogens with one attached hydrogen (secondary N) is 3. The van der Waals surface area contributed by atoms with Gasteiger partial charge in [-0.15, -0.1) is 0 Å². The molecule has 0 aliphatic rings. The predicted octanol–water partition coefficient (Wildman–Crippen LogP) is 5.32. The Balaban J connectivity index is 1.42. The molecule has 212 valence electrons. The number of rotatable bonds is 7. The summed E-state index contributed by atoms with van der Waals surface area (Å²) >= 11 is 0. The second kappa shape index (κ2) is 10.5. The van der Waals surface area contributed by atoms with Gasteiger partial charge in [0.15, 0.2) is 9.84 Å². The lowest BCUT2D eigenvalue weighted by Gasteiger charge is -2.12. The van der Waals surface area contributed by atoms with Gasteiger partial charge in [0, 0.05) is 40.7 Å². The van der Waals surface area contributed by atoms with Crippen molar-refractivity contribution >= 4 is 43.2 Å². The first-order valence-electron chi connectivity index (χ1n) is 13.1. The number of sulfone groups is 1. The van der Waals surface area contributed by atoms with E-state index in [2.05, 4.69) is 30.5 Å². The summed E-state index contributed by atoms with van der Waals surface area (Å²) in [5.41, 5.74) is 12.1. The number of benzene rings is 2. The van der Waals surface area contributed by atoms with E-state index in [1.165, 1.54) is 6.07 Å². The monoisotopic (exact) mass is 583 g/mol. The summed E-state index contributed by atoms with van der Waals surface area (Å²) in [6, 6.07) is 15.3. The first-order chi connectivity index (χ1) is 20.1. The minimum absolute atomic E-state index is 0.111. The molecule has 2 aromatic carbocycles. The lowest BCUT2D eigenvalue weighted by atomic mass is 9.99. The number of nitrogens with two attached hydrogens (primary N) is 1. The van der Waals surface area contributed by atoms with E-state index in [9.17, 15) is 17.6 Å². The number of anilines is 1. The van der Waals surface area contributed by atoms with Gasteiger partial charge in [0.2, 0.25) is 5.91 Å². The quantitative estimate of drug-likeness (QED) is 0.198. The molecule has 0 radical (unpaired) electrons. The summed E-state index contributed by atoms with van der Waals surface area (Å²) in [5, 5.41) is 10.6. The molecule has 1 atom stereocenters. The first-order valence-corrected chi connectivity index (χ1v) is 15.0. The normalized spacial score (nSPS) is 12.6. The van der Waals surface area contributed by atoms with Crippen LogP contribution in [-0.4, -0.2) is 45.7 Å². The molecule has 0 fully saturated rings. The van der Waals surface area contributed by atoms with E-state index in [1.807, 2.05) is 36.4 Å². The van der Waals surface area contributed by atoms with Crippen LogP contribution in [0.2, 0.25) is 0 Å². The van der Waals surface area contributed by atoms with Crippen LogP contribution in [0.25, 0.3) is 55.6 Å². The van der Waals surface area contributed by atoms with Crippen LogP contribution in [0.5, 0.6) is 0 Å². The number of aromatic amines is 2. The van der Waals surface area contributed by atoms with Gasteiger partial charge in [-0.05, 0) is 59.2 Å². The topological polar surface area (TPSA) is 160 Å². The Labute approximate surface area is 240 Å². The molecule has 0 saturated heterocycles. The lowest BCUT2D eigenvalue weighted by molar-refractivity contribution is -0.115. The van der Waals surface area contributed by atoms with Crippen molar-refractivity contribution in [1.82, 2.24) is 25.1 Å². The number of aromatic nitrogens is 5. The molecular formula is C30H26FN7O3S. The predicted molar refractivity (Wildman–Crippen MR) is 160 cm³/mol. The highest BCUT2D eigenvalue weighted by atomic mass is 32.2.